The summed E-state index contributed by atoms with van der Waals surface area (Å²) in [6.45, 7) is 5.02. The van der Waals surface area contributed by atoms with E-state index >= 15 is 0 Å². The molecule has 0 saturated carbocycles. The topological polar surface area (TPSA) is 66.9 Å². The number of carbonyl (C=O) groups is 1. The van der Waals surface area contributed by atoms with Crippen LogP contribution in [0.25, 0.3) is 0 Å². The van der Waals surface area contributed by atoms with Crippen LogP contribution in [0.2, 0.25) is 5.02 Å². The van der Waals surface area contributed by atoms with Crippen molar-refractivity contribution in [2.75, 3.05) is 18.6 Å². The van der Waals surface area contributed by atoms with Crippen molar-refractivity contribution in [2.24, 2.45) is 0 Å². The molecular weight excluding hydrogens is 419 g/mol. The van der Waals surface area contributed by atoms with Gasteiger partial charge in [-0.05, 0) is 43.2 Å². The molecule has 2 atom stereocenters. The van der Waals surface area contributed by atoms with Crippen LogP contribution in [0.3, 0.4) is 0 Å². The van der Waals surface area contributed by atoms with Gasteiger partial charge in [-0.1, -0.05) is 24.6 Å². The summed E-state index contributed by atoms with van der Waals surface area (Å²) >= 11 is 6.17. The van der Waals surface area contributed by atoms with Crippen molar-refractivity contribution in [3.63, 3.8) is 0 Å². The molecule has 2 aromatic carbocycles. The van der Waals surface area contributed by atoms with Crippen molar-refractivity contribution >= 4 is 33.3 Å². The van der Waals surface area contributed by atoms with Gasteiger partial charge in [0, 0.05) is 23.6 Å². The van der Waals surface area contributed by atoms with Crippen molar-refractivity contribution in [1.29, 1.82) is 0 Å². The van der Waals surface area contributed by atoms with Crippen LogP contribution in [0.4, 0.5) is 10.1 Å². The molecule has 0 aromatic heterocycles. The van der Waals surface area contributed by atoms with E-state index in [0.29, 0.717) is 21.8 Å². The molecule has 0 amide bonds. The van der Waals surface area contributed by atoms with Crippen molar-refractivity contribution in [3.8, 4) is 5.75 Å². The minimum atomic E-state index is -4.04. The summed E-state index contributed by atoms with van der Waals surface area (Å²) in [6, 6.07) is 4.60. The van der Waals surface area contributed by atoms with E-state index in [4.69, 9.17) is 16.3 Å². The fourth-order valence-electron chi connectivity index (χ4n) is 4.19. The minimum absolute atomic E-state index is 0.0589. The van der Waals surface area contributed by atoms with Crippen LogP contribution >= 0.6 is 11.6 Å². The highest BCUT2D eigenvalue weighted by atomic mass is 35.5. The van der Waals surface area contributed by atoms with Crippen molar-refractivity contribution < 1.29 is 22.3 Å². The minimum Gasteiger partial charge on any atom is -0.425 e. The van der Waals surface area contributed by atoms with Gasteiger partial charge in [0.05, 0.1) is 12.4 Å². The molecule has 29 heavy (non-hydrogen) atoms. The number of benzene rings is 2. The maximum absolute atomic E-state index is 14.6. The molecule has 0 spiro atoms. The lowest BCUT2D eigenvalue weighted by Gasteiger charge is -2.42. The van der Waals surface area contributed by atoms with E-state index in [1.165, 1.54) is 24.3 Å². The van der Waals surface area contributed by atoms with E-state index < -0.39 is 33.8 Å². The highest BCUT2D eigenvalue weighted by Gasteiger charge is 2.49. The first kappa shape index (κ1) is 20.1. The molecule has 0 N–H and O–H groups in total. The number of hydrogen-bond acceptors (Lipinski definition) is 5. The van der Waals surface area contributed by atoms with Crippen LogP contribution < -0.4 is 9.64 Å². The van der Waals surface area contributed by atoms with Gasteiger partial charge in [0.25, 0.3) is 0 Å². The Morgan fingerprint density at radius 3 is 2.59 bits per heavy atom. The largest absolute Gasteiger partial charge is 0.425 e. The van der Waals surface area contributed by atoms with E-state index in [-0.39, 0.29) is 22.9 Å². The van der Waals surface area contributed by atoms with Crippen molar-refractivity contribution in [3.05, 3.63) is 51.8 Å². The number of anilines is 1. The molecule has 0 saturated heterocycles. The van der Waals surface area contributed by atoms with Crippen LogP contribution in [0, 0.1) is 19.7 Å². The first-order chi connectivity index (χ1) is 13.6. The summed E-state index contributed by atoms with van der Waals surface area (Å²) in [5, 5.41) is 0.455. The number of ether oxygens (including phenoxy) is 1. The molecule has 2 aromatic rings. The monoisotopic (exact) mass is 438 g/mol. The highest BCUT2D eigenvalue weighted by molar-refractivity contribution is 7.89. The van der Waals surface area contributed by atoms with E-state index in [2.05, 4.69) is 0 Å². The molecule has 0 radical (unpaired) electrons. The van der Waals surface area contributed by atoms with Crippen LogP contribution in [0.1, 0.15) is 29.5 Å². The lowest BCUT2D eigenvalue weighted by molar-refractivity contribution is -0.141. The number of halogens is 2. The van der Waals surface area contributed by atoms with Crippen LogP contribution in [0.5, 0.6) is 5.75 Å². The number of fused-ring (bicyclic) bond motifs is 2. The van der Waals surface area contributed by atoms with E-state index in [1.807, 2.05) is 0 Å². The summed E-state index contributed by atoms with van der Waals surface area (Å²) < 4.78 is 47.9. The number of hydrogen-bond donors (Lipinski definition) is 0. The number of nitrogens with zero attached hydrogens (tertiary/aromatic N) is 2. The first-order valence-corrected chi connectivity index (χ1v) is 10.9. The van der Waals surface area contributed by atoms with E-state index in [9.17, 15) is 17.6 Å². The summed E-state index contributed by atoms with van der Waals surface area (Å²) in [4.78, 5) is 14.6. The Morgan fingerprint density at radius 1 is 1.21 bits per heavy atom. The normalized spacial score (nSPS) is 23.4. The van der Waals surface area contributed by atoms with Gasteiger partial charge in [-0.25, -0.2) is 17.6 Å². The molecule has 0 unspecified atom stereocenters. The summed E-state index contributed by atoms with van der Waals surface area (Å²) in [6.07, 6.45) is 0. The smallest absolute Gasteiger partial charge is 0.330 e. The second-order valence-corrected chi connectivity index (χ2v) is 9.78. The Hall–Kier alpha value is -2.16. The summed E-state index contributed by atoms with van der Waals surface area (Å²) in [7, 11) is -2.31. The quantitative estimate of drug-likeness (QED) is 0.503. The van der Waals surface area contributed by atoms with Gasteiger partial charge in [0.2, 0.25) is 10.0 Å². The number of carbonyl (C=O) groups excluding carboxylic acids is 1. The maximum atomic E-state index is 14.6. The van der Waals surface area contributed by atoms with Gasteiger partial charge in [-0.3, -0.25) is 0 Å². The van der Waals surface area contributed by atoms with Gasteiger partial charge in [-0.2, -0.15) is 4.31 Å². The van der Waals surface area contributed by atoms with E-state index in [1.54, 1.807) is 32.7 Å². The number of sulfonamides is 1. The number of esters is 1. The standard InChI is InChI=1S/C20H20ClFN2O4S/c1-10-5-7-14(22)16-12(3)18(20(25)28-19(10)16)24-9-23(4)17-11(2)13(21)6-8-15(17)29(24,26)27/h5-8,12,18H,9H2,1-4H3/t12-,18+/m1/s1. The maximum Gasteiger partial charge on any atom is 0.330 e. The Bertz CT molecular complexity index is 1150. The third-order valence-electron chi connectivity index (χ3n) is 5.67. The molecular formula is C20H20ClFN2O4S. The zero-order valence-corrected chi connectivity index (χ0v) is 17.9. The Kier molecular flexibility index (Phi) is 4.64. The third-order valence-corrected chi connectivity index (χ3v) is 7.93. The molecule has 0 fully saturated rings. The highest BCUT2D eigenvalue weighted by Crippen LogP contribution is 2.44. The van der Waals surface area contributed by atoms with E-state index in [0.717, 1.165) is 4.31 Å². The zero-order valence-electron chi connectivity index (χ0n) is 16.4. The van der Waals surface area contributed by atoms with Crippen molar-refractivity contribution in [2.45, 2.75) is 37.6 Å². The molecule has 9 heteroatoms. The molecule has 2 aliphatic rings. The Balaban J connectivity index is 1.86. The van der Waals surface area contributed by atoms with Crippen LogP contribution in [0.15, 0.2) is 29.2 Å². The number of aryl methyl sites for hydroxylation is 1. The first-order valence-electron chi connectivity index (χ1n) is 9.08. The number of rotatable bonds is 1. The molecule has 0 bridgehead atoms. The summed E-state index contributed by atoms with van der Waals surface area (Å²) in [5.74, 6) is -1.79. The predicted molar refractivity (Wildman–Crippen MR) is 107 cm³/mol. The van der Waals surface area contributed by atoms with Crippen molar-refractivity contribution in [1.82, 2.24) is 4.31 Å². The SMILES string of the molecule is Cc1ccc(F)c2c1OC(=O)[C@@H](N1CN(C)c3c(ccc(Cl)c3C)S1(=O)=O)[C@@H]2C. The Labute approximate surface area is 173 Å². The van der Waals surface area contributed by atoms with Crippen LogP contribution in [-0.4, -0.2) is 38.5 Å². The average molecular weight is 439 g/mol. The molecule has 154 valence electrons. The van der Waals surface area contributed by atoms with Gasteiger partial charge < -0.3 is 9.64 Å². The second kappa shape index (κ2) is 6.68. The fourth-order valence-corrected chi connectivity index (χ4v) is 6.28. The summed E-state index contributed by atoms with van der Waals surface area (Å²) in [5.41, 5.74) is 1.97. The lowest BCUT2D eigenvalue weighted by Crippen LogP contribution is -2.56. The molecule has 0 aliphatic carbocycles. The third kappa shape index (κ3) is 2.85. The molecule has 6 nitrogen and oxygen atoms in total. The Morgan fingerprint density at radius 2 is 1.90 bits per heavy atom. The predicted octanol–water partition coefficient (Wildman–Crippen LogP) is 3.59. The second-order valence-electron chi connectivity index (χ2n) is 7.51. The van der Waals surface area contributed by atoms with Crippen LogP contribution in [-0.2, 0) is 14.8 Å². The fraction of sp³-hybridized carbons (Fsp3) is 0.350. The molecule has 2 heterocycles. The molecule has 2 aliphatic heterocycles. The van der Waals surface area contributed by atoms with Gasteiger partial charge >= 0.3 is 5.97 Å². The van der Waals surface area contributed by atoms with Gasteiger partial charge in [0.1, 0.15) is 22.5 Å². The zero-order chi connectivity index (χ0) is 21.2. The van der Waals surface area contributed by atoms with Gasteiger partial charge in [0.15, 0.2) is 0 Å². The van der Waals surface area contributed by atoms with Gasteiger partial charge in [-0.15, -0.1) is 0 Å². The lowest BCUT2D eigenvalue weighted by atomic mass is 9.88. The average Bonchev–Trinajstić information content (AvgIpc) is 2.64. The molecule has 4 rings (SSSR count).